The number of benzene rings is 6. The van der Waals surface area contributed by atoms with Gasteiger partial charge in [0.15, 0.2) is 0 Å². The fourth-order valence-corrected chi connectivity index (χ4v) is 11.0. The van der Waals surface area contributed by atoms with Gasteiger partial charge in [0.2, 0.25) is 0 Å². The smallest absolute Gasteiger partial charge is 0.310 e. The Morgan fingerprint density at radius 1 is 0.505 bits per heavy atom. The highest BCUT2D eigenvalue weighted by Crippen LogP contribution is 2.34. The molecule has 6 aromatic carbocycles. The molecule has 0 amide bonds. The lowest BCUT2D eigenvalue weighted by Crippen LogP contribution is -2.26. The molecule has 0 radical (unpaired) electrons. The van der Waals surface area contributed by atoms with E-state index in [4.69, 9.17) is 38.3 Å². The summed E-state index contributed by atoms with van der Waals surface area (Å²) in [6, 6.07) is 45.4. The number of methoxy groups -OCH3 is 3. The molecule has 1 aliphatic heterocycles. The first-order valence-corrected chi connectivity index (χ1v) is 31.7. The van der Waals surface area contributed by atoms with E-state index >= 15 is 0 Å². The van der Waals surface area contributed by atoms with Gasteiger partial charge >= 0.3 is 17.9 Å². The lowest BCUT2D eigenvalue weighted by atomic mass is 10.1. The number of hydrogen-bond acceptors (Lipinski definition) is 14. The fraction of sp³-hybridized carbons (Fsp3) is 0.282. The van der Waals surface area contributed by atoms with Crippen LogP contribution in [-0.2, 0) is 52.6 Å². The summed E-state index contributed by atoms with van der Waals surface area (Å²) >= 11 is 0. The molecule has 0 spiro atoms. The first-order valence-electron chi connectivity index (χ1n) is 31.7. The highest BCUT2D eigenvalue weighted by Gasteiger charge is 2.26. The van der Waals surface area contributed by atoms with Gasteiger partial charge < -0.3 is 38.3 Å². The molecular formula is C78H83N3O14. The zero-order chi connectivity index (χ0) is 68.0. The number of aromatic nitrogens is 3. The number of allylic oxidation sites excluding steroid dienone is 3. The van der Waals surface area contributed by atoms with Crippen LogP contribution < -0.4 is 14.2 Å². The number of nitrogens with zero attached hydrogens (tertiary/aromatic N) is 3. The largest absolute Gasteiger partial charge is 0.497 e. The van der Waals surface area contributed by atoms with Gasteiger partial charge in [-0.1, -0.05) is 111 Å². The molecular weight excluding hydrogens is 1200 g/mol. The number of ether oxygens (including phenoxy) is 7. The predicted octanol–water partition coefficient (Wildman–Crippen LogP) is 14.4. The molecule has 17 nitrogen and oxygen atoms in total. The molecule has 95 heavy (non-hydrogen) atoms. The summed E-state index contributed by atoms with van der Waals surface area (Å²) in [5, 5.41) is 11.1. The van der Waals surface area contributed by atoms with E-state index < -0.39 is 5.97 Å². The third-order valence-corrected chi connectivity index (χ3v) is 16.5. The van der Waals surface area contributed by atoms with Gasteiger partial charge in [-0.15, -0.1) is 0 Å². The number of rotatable bonds is 22. The van der Waals surface area contributed by atoms with Gasteiger partial charge in [-0.2, -0.15) is 0 Å². The zero-order valence-electron chi connectivity index (χ0n) is 55.4. The summed E-state index contributed by atoms with van der Waals surface area (Å²) < 4.78 is 42.9. The summed E-state index contributed by atoms with van der Waals surface area (Å²) in [5.41, 5.74) is 9.34. The molecule has 10 rings (SSSR count). The number of aliphatic hydroxyl groups is 1. The monoisotopic (exact) mass is 1290 g/mol. The Balaban J connectivity index is 0.000000183. The van der Waals surface area contributed by atoms with Crippen molar-refractivity contribution in [1.29, 1.82) is 0 Å². The maximum Gasteiger partial charge on any atom is 0.310 e. The van der Waals surface area contributed by atoms with Crippen molar-refractivity contribution < 1.29 is 67.0 Å². The van der Waals surface area contributed by atoms with E-state index in [-0.39, 0.29) is 86.9 Å². The summed E-state index contributed by atoms with van der Waals surface area (Å²) in [4.78, 5) is 76.9. The molecule has 494 valence electrons. The number of aliphatic hydroxyl groups excluding tert-OH is 1. The van der Waals surface area contributed by atoms with Crippen LogP contribution in [0, 0.1) is 26.7 Å². The molecule has 2 unspecified atom stereocenters. The van der Waals surface area contributed by atoms with E-state index in [2.05, 4.69) is 0 Å². The van der Waals surface area contributed by atoms with Crippen molar-refractivity contribution >= 4 is 86.6 Å². The average molecular weight is 1290 g/mol. The van der Waals surface area contributed by atoms with Crippen LogP contribution >= 0.6 is 0 Å². The first kappa shape index (κ1) is 70.5. The molecule has 1 saturated heterocycles. The lowest BCUT2D eigenvalue weighted by molar-refractivity contribution is -0.149. The third-order valence-electron chi connectivity index (χ3n) is 16.5. The average Bonchev–Trinajstić information content (AvgIpc) is 1.64. The molecule has 0 aliphatic carbocycles. The SMILES string of the molecule is COc1ccc2c(c1)c(CC(=O)OC(C)C(C)C)c(C)n2C(=O)/C=C/c1ccccc1.COc1ccc2c(c1)c(CC(=O)OC/C=C/CO)c(C)n2C(=O)/C=C/c1ccccc1.COc1ccc2c(c1)c(CC(=O)OCC1CCCCO1)c(C)n2C(=O)/C=C/c1ccccc1. The summed E-state index contributed by atoms with van der Waals surface area (Å²) in [5.74, 6) is 0.586. The Bertz CT molecular complexity index is 4260. The van der Waals surface area contributed by atoms with Crippen molar-refractivity contribution in [2.24, 2.45) is 5.92 Å². The topological polar surface area (TPSA) is 202 Å². The van der Waals surface area contributed by atoms with E-state index in [9.17, 15) is 28.8 Å². The van der Waals surface area contributed by atoms with Crippen molar-refractivity contribution in [3.05, 3.63) is 226 Å². The van der Waals surface area contributed by atoms with Crippen LogP contribution in [-0.4, -0.2) is 114 Å². The van der Waals surface area contributed by atoms with E-state index in [1.165, 1.54) is 12.2 Å². The molecule has 17 heteroatoms. The number of esters is 3. The fourth-order valence-electron chi connectivity index (χ4n) is 11.0. The van der Waals surface area contributed by atoms with Gasteiger partial charge in [0.1, 0.15) is 36.6 Å². The Morgan fingerprint density at radius 3 is 1.23 bits per heavy atom. The molecule has 1 aliphatic rings. The molecule has 1 fully saturated rings. The second-order valence-electron chi connectivity index (χ2n) is 23.1. The van der Waals surface area contributed by atoms with Gasteiger partial charge in [-0.3, -0.25) is 42.5 Å². The van der Waals surface area contributed by atoms with E-state index in [1.807, 2.05) is 181 Å². The summed E-state index contributed by atoms with van der Waals surface area (Å²) in [7, 11) is 4.76. The molecule has 3 aromatic heterocycles. The number of fused-ring (bicyclic) bond motifs is 3. The highest BCUT2D eigenvalue weighted by molar-refractivity contribution is 6.06. The minimum Gasteiger partial charge on any atom is -0.497 e. The molecule has 0 bridgehead atoms. The minimum absolute atomic E-state index is 0.0190. The highest BCUT2D eigenvalue weighted by atomic mass is 16.6. The van der Waals surface area contributed by atoms with E-state index in [0.29, 0.717) is 46.3 Å². The van der Waals surface area contributed by atoms with Crippen LogP contribution in [0.5, 0.6) is 17.2 Å². The van der Waals surface area contributed by atoms with Crippen LogP contribution in [0.25, 0.3) is 50.9 Å². The van der Waals surface area contributed by atoms with Gasteiger partial charge in [0.25, 0.3) is 17.7 Å². The number of hydrogen-bond donors (Lipinski definition) is 1. The normalized spacial score (nSPS) is 13.4. The molecule has 0 saturated carbocycles. The number of carbonyl (C=O) groups excluding carboxylic acids is 6. The van der Waals surface area contributed by atoms with Crippen LogP contribution in [0.1, 0.15) is 105 Å². The standard InChI is InChI=1S/C27H29NO5.C26H29NO4.C25H25NO5/c1-19-23(17-27(30)33-18-22-10-6-7-15-32-22)24-16-21(31-2)12-13-25(24)28(19)26(29)14-11-20-8-4-3-5-9-20;1-17(2)19(4)31-26(29)16-22-18(3)27(24-13-12-21(30-5)15-23(22)24)25(28)14-11-20-9-7-6-8-10-20;1-18-21(17-25(29)31-15-7-6-14-27)22-16-20(30-2)11-12-23(22)26(18)24(28)13-10-19-8-4-3-5-9-19/h3-5,8-9,11-14,16,22H,6-7,10,15,17-18H2,1-2H3;6-15,17,19H,16H2,1-5H3;3-13,16,27H,14-15,17H2,1-2H3/b2*14-11+;7-6+,13-10+. The first-order chi connectivity index (χ1) is 45.9. The Kier molecular flexibility index (Phi) is 25.6. The van der Waals surface area contributed by atoms with Gasteiger partial charge in [-0.25, -0.2) is 0 Å². The number of carbonyl (C=O) groups is 6. The van der Waals surface area contributed by atoms with Crippen molar-refractivity contribution in [2.45, 2.75) is 92.3 Å². The second kappa shape index (κ2) is 34.5. The maximum atomic E-state index is 13.2. The third kappa shape index (κ3) is 18.7. The van der Waals surface area contributed by atoms with Gasteiger partial charge in [-0.05, 0) is 165 Å². The van der Waals surface area contributed by atoms with Crippen molar-refractivity contribution in [3.8, 4) is 17.2 Å². The van der Waals surface area contributed by atoms with Gasteiger partial charge in [0, 0.05) is 58.1 Å². The predicted molar refractivity (Wildman–Crippen MR) is 371 cm³/mol. The second-order valence-corrected chi connectivity index (χ2v) is 23.1. The van der Waals surface area contributed by atoms with Crippen LogP contribution in [0.4, 0.5) is 0 Å². The molecule has 2 atom stereocenters. The van der Waals surface area contributed by atoms with Crippen LogP contribution in [0.2, 0.25) is 0 Å². The van der Waals surface area contributed by atoms with Crippen molar-refractivity contribution in [3.63, 3.8) is 0 Å². The van der Waals surface area contributed by atoms with E-state index in [0.717, 1.165) is 80.0 Å². The van der Waals surface area contributed by atoms with Crippen molar-refractivity contribution in [1.82, 2.24) is 13.7 Å². The molecule has 9 aromatic rings. The molecule has 1 N–H and O–H groups in total. The molecule has 4 heterocycles. The summed E-state index contributed by atoms with van der Waals surface area (Å²) in [6.07, 6.45) is 16.1. The van der Waals surface area contributed by atoms with Gasteiger partial charge in [0.05, 0.1) is 69.9 Å². The maximum absolute atomic E-state index is 13.2. The Morgan fingerprint density at radius 2 is 0.884 bits per heavy atom. The Hall–Kier alpha value is -10.4. The minimum atomic E-state index is -0.417. The van der Waals surface area contributed by atoms with E-state index in [1.54, 1.807) is 77.6 Å². The van der Waals surface area contributed by atoms with Crippen molar-refractivity contribution in [2.75, 3.05) is 47.8 Å². The zero-order valence-corrected chi connectivity index (χ0v) is 55.4. The lowest BCUT2D eigenvalue weighted by Gasteiger charge is -2.22. The summed E-state index contributed by atoms with van der Waals surface area (Å²) in [6.45, 7) is 12.4. The Labute approximate surface area is 554 Å². The van der Waals surface area contributed by atoms with Crippen LogP contribution in [0.3, 0.4) is 0 Å². The van der Waals surface area contributed by atoms with Crippen LogP contribution in [0.15, 0.2) is 176 Å². The quantitative estimate of drug-likeness (QED) is 0.0290.